The van der Waals surface area contributed by atoms with E-state index in [4.69, 9.17) is 9.72 Å². The lowest BCUT2D eigenvalue weighted by Crippen LogP contribution is -2.23. The van der Waals surface area contributed by atoms with Gasteiger partial charge in [0.1, 0.15) is 12.6 Å². The number of H-pyrrole nitrogens is 1. The number of ether oxygens (including phenoxy) is 1. The predicted octanol–water partition coefficient (Wildman–Crippen LogP) is 5.64. The second-order valence-corrected chi connectivity index (χ2v) is 7.60. The van der Waals surface area contributed by atoms with Gasteiger partial charge in [0.2, 0.25) is 0 Å². The first kappa shape index (κ1) is 20.0. The van der Waals surface area contributed by atoms with Gasteiger partial charge in [0.05, 0.1) is 22.4 Å². The van der Waals surface area contributed by atoms with Crippen molar-refractivity contribution in [2.24, 2.45) is 0 Å². The minimum absolute atomic E-state index is 0.545. The van der Waals surface area contributed by atoms with E-state index in [1.54, 1.807) is 0 Å². The van der Waals surface area contributed by atoms with Crippen LogP contribution in [0.4, 0.5) is 11.4 Å². The number of fused-ring (bicyclic) bond motifs is 1. The van der Waals surface area contributed by atoms with Gasteiger partial charge in [-0.15, -0.1) is 0 Å². The second kappa shape index (κ2) is 9.98. The first-order valence-electron chi connectivity index (χ1n) is 10.9. The van der Waals surface area contributed by atoms with Crippen molar-refractivity contribution in [3.8, 4) is 0 Å². The Balaban J connectivity index is 1.84. The molecule has 0 atom stereocenters. The topological polar surface area (TPSA) is 53.2 Å². The molecule has 5 nitrogen and oxygen atoms in total. The predicted molar refractivity (Wildman–Crippen MR) is 115 cm³/mol. The van der Waals surface area contributed by atoms with Crippen molar-refractivity contribution in [2.75, 3.05) is 36.6 Å². The first-order chi connectivity index (χ1) is 13.3. The van der Waals surface area contributed by atoms with Gasteiger partial charge in [0, 0.05) is 25.6 Å². The lowest BCUT2D eigenvalue weighted by Gasteiger charge is -2.24. The third kappa shape index (κ3) is 4.95. The molecule has 150 valence electrons. The number of hydrogen-bond donors (Lipinski definition) is 2. The van der Waals surface area contributed by atoms with Gasteiger partial charge in [0.25, 0.3) is 0 Å². The van der Waals surface area contributed by atoms with E-state index in [-0.39, 0.29) is 0 Å². The summed E-state index contributed by atoms with van der Waals surface area (Å²) in [6, 6.07) is 4.45. The highest BCUT2D eigenvalue weighted by Gasteiger charge is 2.20. The molecule has 0 radical (unpaired) electrons. The molecule has 2 aromatic rings. The minimum Gasteiger partial charge on any atom is -0.370 e. The van der Waals surface area contributed by atoms with Gasteiger partial charge in [-0.3, -0.25) is 0 Å². The average molecular weight is 373 g/mol. The molecule has 1 fully saturated rings. The summed E-state index contributed by atoms with van der Waals surface area (Å²) in [4.78, 5) is 11.0. The van der Waals surface area contributed by atoms with Crippen LogP contribution in [0, 0.1) is 0 Å². The number of aromatic amines is 1. The molecule has 0 spiro atoms. The first-order valence-corrected chi connectivity index (χ1v) is 10.9. The number of rotatable bonds is 10. The smallest absolute Gasteiger partial charge is 0.116 e. The Labute approximate surface area is 163 Å². The van der Waals surface area contributed by atoms with Crippen molar-refractivity contribution in [2.45, 2.75) is 71.6 Å². The SMILES string of the molecule is CCCCOCNc1cc2[nH]c(C3CCCCC3)nc2cc1N(CC)CC. The number of anilines is 2. The van der Waals surface area contributed by atoms with E-state index in [2.05, 4.69) is 48.1 Å². The Hall–Kier alpha value is -1.75. The molecular formula is C22H36N4O. The Morgan fingerprint density at radius 2 is 1.93 bits per heavy atom. The third-order valence-electron chi connectivity index (χ3n) is 5.72. The minimum atomic E-state index is 0.545. The highest BCUT2D eigenvalue weighted by molar-refractivity contribution is 5.88. The van der Waals surface area contributed by atoms with Crippen molar-refractivity contribution < 1.29 is 4.74 Å². The zero-order valence-electron chi connectivity index (χ0n) is 17.3. The number of unbranched alkanes of at least 4 members (excludes halogenated alkanes) is 1. The van der Waals surface area contributed by atoms with Gasteiger partial charge in [0.15, 0.2) is 0 Å². The van der Waals surface area contributed by atoms with Crippen molar-refractivity contribution >= 4 is 22.4 Å². The van der Waals surface area contributed by atoms with Crippen LogP contribution in [0.25, 0.3) is 11.0 Å². The van der Waals surface area contributed by atoms with Crippen LogP contribution in [-0.2, 0) is 4.74 Å². The largest absolute Gasteiger partial charge is 0.370 e. The molecule has 1 heterocycles. The van der Waals surface area contributed by atoms with Crippen LogP contribution in [0.3, 0.4) is 0 Å². The lowest BCUT2D eigenvalue weighted by molar-refractivity contribution is 0.149. The molecule has 5 heteroatoms. The molecule has 1 aromatic heterocycles. The molecule has 3 rings (SSSR count). The van der Waals surface area contributed by atoms with E-state index in [0.29, 0.717) is 12.6 Å². The molecular weight excluding hydrogens is 336 g/mol. The van der Waals surface area contributed by atoms with E-state index < -0.39 is 0 Å². The van der Waals surface area contributed by atoms with Gasteiger partial charge < -0.3 is 19.9 Å². The number of hydrogen-bond acceptors (Lipinski definition) is 4. The van der Waals surface area contributed by atoms with Gasteiger partial charge in [-0.1, -0.05) is 32.6 Å². The van der Waals surface area contributed by atoms with E-state index in [1.165, 1.54) is 43.6 Å². The van der Waals surface area contributed by atoms with Crippen molar-refractivity contribution in [1.82, 2.24) is 9.97 Å². The van der Waals surface area contributed by atoms with Crippen LogP contribution in [0.5, 0.6) is 0 Å². The zero-order valence-corrected chi connectivity index (χ0v) is 17.3. The summed E-state index contributed by atoms with van der Waals surface area (Å²) in [6.07, 6.45) is 8.82. The maximum absolute atomic E-state index is 5.74. The van der Waals surface area contributed by atoms with E-state index in [1.807, 2.05) is 0 Å². The molecule has 0 aliphatic heterocycles. The van der Waals surface area contributed by atoms with E-state index >= 15 is 0 Å². The van der Waals surface area contributed by atoms with Crippen LogP contribution >= 0.6 is 0 Å². The van der Waals surface area contributed by atoms with Crippen molar-refractivity contribution in [3.63, 3.8) is 0 Å². The molecule has 1 aromatic carbocycles. The number of nitrogens with one attached hydrogen (secondary N) is 2. The van der Waals surface area contributed by atoms with Crippen molar-refractivity contribution in [3.05, 3.63) is 18.0 Å². The van der Waals surface area contributed by atoms with E-state index in [0.717, 1.165) is 49.3 Å². The molecule has 27 heavy (non-hydrogen) atoms. The van der Waals surface area contributed by atoms with Gasteiger partial charge in [-0.25, -0.2) is 4.98 Å². The Kier molecular flexibility index (Phi) is 7.39. The van der Waals surface area contributed by atoms with Crippen LogP contribution in [0.2, 0.25) is 0 Å². The fraction of sp³-hybridized carbons (Fsp3) is 0.682. The molecule has 1 aliphatic carbocycles. The number of nitrogens with zero attached hydrogens (tertiary/aromatic N) is 2. The van der Waals surface area contributed by atoms with Gasteiger partial charge >= 0.3 is 0 Å². The average Bonchev–Trinajstić information content (AvgIpc) is 3.12. The Morgan fingerprint density at radius 3 is 2.63 bits per heavy atom. The number of imidazole rings is 1. The maximum atomic E-state index is 5.74. The highest BCUT2D eigenvalue weighted by Crippen LogP contribution is 2.35. The summed E-state index contributed by atoms with van der Waals surface area (Å²) in [5.41, 5.74) is 4.55. The normalized spacial score (nSPS) is 15.4. The van der Waals surface area contributed by atoms with Crippen LogP contribution in [0.1, 0.15) is 77.5 Å². The quantitative estimate of drug-likeness (QED) is 0.418. The molecule has 0 saturated heterocycles. The highest BCUT2D eigenvalue weighted by atomic mass is 16.5. The zero-order chi connectivity index (χ0) is 19.1. The summed E-state index contributed by atoms with van der Waals surface area (Å²) >= 11 is 0. The molecule has 1 saturated carbocycles. The fourth-order valence-corrected chi connectivity index (χ4v) is 4.05. The molecule has 1 aliphatic rings. The van der Waals surface area contributed by atoms with Crippen LogP contribution in [-0.4, -0.2) is 36.4 Å². The van der Waals surface area contributed by atoms with Crippen LogP contribution in [0.15, 0.2) is 12.1 Å². The molecule has 0 unspecified atom stereocenters. The Bertz CT molecular complexity index is 702. The lowest BCUT2D eigenvalue weighted by atomic mass is 9.89. The van der Waals surface area contributed by atoms with Crippen LogP contribution < -0.4 is 10.2 Å². The standard InChI is InChI=1S/C22H36N4O/c1-4-7-13-27-16-23-20-14-18-19(15-21(20)26(5-2)6-3)25-22(24-18)17-11-9-8-10-12-17/h14-15,17,23H,4-13,16H2,1-3H3,(H,24,25). The maximum Gasteiger partial charge on any atom is 0.116 e. The third-order valence-corrected chi connectivity index (χ3v) is 5.72. The van der Waals surface area contributed by atoms with E-state index in [9.17, 15) is 0 Å². The van der Waals surface area contributed by atoms with Gasteiger partial charge in [-0.05, 0) is 45.2 Å². The summed E-state index contributed by atoms with van der Waals surface area (Å²) in [5.74, 6) is 1.77. The van der Waals surface area contributed by atoms with Crippen molar-refractivity contribution in [1.29, 1.82) is 0 Å². The monoisotopic (exact) mass is 372 g/mol. The summed E-state index contributed by atoms with van der Waals surface area (Å²) < 4.78 is 5.74. The number of aromatic nitrogens is 2. The fourth-order valence-electron chi connectivity index (χ4n) is 4.05. The Morgan fingerprint density at radius 1 is 1.15 bits per heavy atom. The summed E-state index contributed by atoms with van der Waals surface area (Å²) in [6.45, 7) is 9.90. The summed E-state index contributed by atoms with van der Waals surface area (Å²) in [5, 5.41) is 3.49. The number of benzene rings is 1. The molecule has 0 bridgehead atoms. The van der Waals surface area contributed by atoms with Gasteiger partial charge in [-0.2, -0.15) is 0 Å². The summed E-state index contributed by atoms with van der Waals surface area (Å²) in [7, 11) is 0. The molecule has 2 N–H and O–H groups in total. The molecule has 0 amide bonds. The second-order valence-electron chi connectivity index (χ2n) is 7.60.